The molecule has 1 rings (SSSR count). The standard InChI is InChI=1S/C14H8N4/c15-7-13(8-16)11-3-1-2-4-12(6-5-11)14(9-17)10-18/h1-4H,5-6H2/b3-1-,4-2-/i1D,2D. The molecule has 0 spiro atoms. The van der Waals surface area contributed by atoms with Crippen molar-refractivity contribution < 1.29 is 2.74 Å². The van der Waals surface area contributed by atoms with E-state index in [4.69, 9.17) is 23.8 Å². The zero-order valence-electron chi connectivity index (χ0n) is 11.4. The Morgan fingerprint density at radius 1 is 0.833 bits per heavy atom. The maximum absolute atomic E-state index is 8.86. The van der Waals surface area contributed by atoms with E-state index in [2.05, 4.69) is 0 Å². The highest BCUT2D eigenvalue weighted by atomic mass is 14.3. The minimum atomic E-state index is -0.171. The van der Waals surface area contributed by atoms with Gasteiger partial charge in [0, 0.05) is 0 Å². The van der Waals surface area contributed by atoms with Gasteiger partial charge in [0.15, 0.2) is 0 Å². The van der Waals surface area contributed by atoms with Crippen molar-refractivity contribution in [3.63, 3.8) is 0 Å². The number of nitriles is 4. The first-order valence-corrected chi connectivity index (χ1v) is 5.01. The molecule has 18 heavy (non-hydrogen) atoms. The van der Waals surface area contributed by atoms with Gasteiger partial charge in [-0.2, -0.15) is 21.0 Å². The smallest absolute Gasteiger partial charge is 0.132 e. The molecule has 0 atom stereocenters. The van der Waals surface area contributed by atoms with Crippen molar-refractivity contribution >= 4 is 0 Å². The number of nitrogens with zero attached hydrogens (tertiary/aromatic N) is 4. The van der Waals surface area contributed by atoms with Gasteiger partial charge in [0.25, 0.3) is 0 Å². The molecule has 0 fully saturated rings. The van der Waals surface area contributed by atoms with Crippen LogP contribution in [0, 0.1) is 45.3 Å². The van der Waals surface area contributed by atoms with Crippen molar-refractivity contribution in [3.05, 3.63) is 46.5 Å². The van der Waals surface area contributed by atoms with E-state index in [-0.39, 0.29) is 36.1 Å². The normalized spacial score (nSPS) is 21.8. The van der Waals surface area contributed by atoms with Crippen LogP contribution in [0.2, 0.25) is 0 Å². The Balaban J connectivity index is 3.49. The van der Waals surface area contributed by atoms with Crippen molar-refractivity contribution in [2.24, 2.45) is 0 Å². The van der Waals surface area contributed by atoms with Crippen LogP contribution in [-0.2, 0) is 0 Å². The van der Waals surface area contributed by atoms with Crippen LogP contribution in [-0.4, -0.2) is 0 Å². The number of hydrogen-bond acceptors (Lipinski definition) is 4. The van der Waals surface area contributed by atoms with Crippen LogP contribution in [0.25, 0.3) is 0 Å². The molecule has 1 aliphatic carbocycles. The summed E-state index contributed by atoms with van der Waals surface area (Å²) in [5, 5.41) is 35.4. The lowest BCUT2D eigenvalue weighted by Gasteiger charge is -2.06. The fraction of sp³-hybridized carbons (Fsp3) is 0.143. The summed E-state index contributed by atoms with van der Waals surface area (Å²) in [5.74, 6) is 0. The van der Waals surface area contributed by atoms with Gasteiger partial charge in [-0.1, -0.05) is 24.3 Å². The monoisotopic (exact) mass is 234 g/mol. The van der Waals surface area contributed by atoms with E-state index in [1.165, 1.54) is 12.2 Å². The second-order valence-corrected chi connectivity index (χ2v) is 3.33. The van der Waals surface area contributed by atoms with E-state index in [9.17, 15) is 0 Å². The van der Waals surface area contributed by atoms with Crippen molar-refractivity contribution in [1.82, 2.24) is 0 Å². The molecule has 0 amide bonds. The zero-order valence-corrected chi connectivity index (χ0v) is 9.36. The topological polar surface area (TPSA) is 95.2 Å². The van der Waals surface area contributed by atoms with Crippen molar-refractivity contribution in [2.45, 2.75) is 12.8 Å². The predicted molar refractivity (Wildman–Crippen MR) is 64.0 cm³/mol. The molecule has 1 aliphatic rings. The van der Waals surface area contributed by atoms with Gasteiger partial charge in [-0.05, 0) is 24.0 Å². The van der Waals surface area contributed by atoms with Crippen LogP contribution in [0.4, 0.5) is 0 Å². The van der Waals surface area contributed by atoms with Crippen LogP contribution in [0.5, 0.6) is 0 Å². The first kappa shape index (κ1) is 10.1. The highest BCUT2D eigenvalue weighted by Gasteiger charge is 2.09. The minimum Gasteiger partial charge on any atom is -0.192 e. The summed E-state index contributed by atoms with van der Waals surface area (Å²) in [6.07, 6.45) is 3.11. The predicted octanol–water partition coefficient (Wildman–Crippen LogP) is 2.58. The van der Waals surface area contributed by atoms with Crippen molar-refractivity contribution in [1.29, 1.82) is 21.0 Å². The second kappa shape index (κ2) is 6.49. The highest BCUT2D eigenvalue weighted by molar-refractivity contribution is 5.49. The zero-order chi connectivity index (χ0) is 15.1. The molecule has 4 nitrogen and oxygen atoms in total. The maximum atomic E-state index is 8.86. The lowest BCUT2D eigenvalue weighted by atomic mass is 9.96. The summed E-state index contributed by atoms with van der Waals surface area (Å²) in [7, 11) is 0. The summed E-state index contributed by atoms with van der Waals surface area (Å²) < 4.78 is 15.4. The van der Waals surface area contributed by atoms with E-state index < -0.39 is 0 Å². The Kier molecular flexibility index (Phi) is 3.64. The van der Waals surface area contributed by atoms with E-state index in [0.29, 0.717) is 11.1 Å². The van der Waals surface area contributed by atoms with Crippen LogP contribution >= 0.6 is 0 Å². The van der Waals surface area contributed by atoms with Crippen LogP contribution in [0.15, 0.2) is 46.5 Å². The first-order valence-electron chi connectivity index (χ1n) is 6.01. The molecule has 0 aromatic heterocycles. The maximum Gasteiger partial charge on any atom is 0.132 e. The molecular weight excluding hydrogens is 224 g/mol. The Bertz CT molecular complexity index is 629. The quantitative estimate of drug-likeness (QED) is 0.602. The fourth-order valence-electron chi connectivity index (χ4n) is 1.40. The van der Waals surface area contributed by atoms with E-state index in [1.54, 1.807) is 24.3 Å². The molecule has 0 radical (unpaired) electrons. The number of hydrogen-bond donors (Lipinski definition) is 0. The van der Waals surface area contributed by atoms with Gasteiger partial charge in [0.1, 0.15) is 35.4 Å². The molecule has 0 N–H and O–H groups in total. The minimum absolute atomic E-state index is 0.126. The molecule has 0 saturated carbocycles. The summed E-state index contributed by atoms with van der Waals surface area (Å²) in [4.78, 5) is 0. The van der Waals surface area contributed by atoms with Crippen molar-refractivity contribution in [3.8, 4) is 24.3 Å². The molecular formula is C14H8N4. The van der Waals surface area contributed by atoms with Crippen LogP contribution in [0.1, 0.15) is 15.6 Å². The SMILES string of the molecule is [2H]C1=C/C(=C(C#N)C#N)CCC(=C(C#N)C#N)/C=C\1[2H]. The fourth-order valence-corrected chi connectivity index (χ4v) is 1.40. The van der Waals surface area contributed by atoms with E-state index in [1.807, 2.05) is 0 Å². The average Bonchev–Trinajstić information content (AvgIpc) is 2.44. The van der Waals surface area contributed by atoms with Gasteiger partial charge in [-0.15, -0.1) is 0 Å². The molecule has 0 heterocycles. The highest BCUT2D eigenvalue weighted by Crippen LogP contribution is 2.21. The largest absolute Gasteiger partial charge is 0.192 e. The number of rotatable bonds is 0. The third-order valence-electron chi connectivity index (χ3n) is 2.33. The Labute approximate surface area is 108 Å². The van der Waals surface area contributed by atoms with E-state index in [0.717, 1.165) is 0 Å². The molecule has 0 aliphatic heterocycles. The van der Waals surface area contributed by atoms with Gasteiger partial charge in [-0.25, -0.2) is 0 Å². The summed E-state index contributed by atoms with van der Waals surface area (Å²) in [6, 6.07) is 6.62. The molecule has 0 aromatic carbocycles. The van der Waals surface area contributed by atoms with E-state index >= 15 is 0 Å². The van der Waals surface area contributed by atoms with Crippen LogP contribution < -0.4 is 0 Å². The molecule has 0 bridgehead atoms. The third-order valence-corrected chi connectivity index (χ3v) is 2.33. The average molecular weight is 234 g/mol. The molecule has 84 valence electrons. The van der Waals surface area contributed by atoms with Gasteiger partial charge in [-0.3, -0.25) is 0 Å². The Morgan fingerprint density at radius 3 is 1.44 bits per heavy atom. The van der Waals surface area contributed by atoms with Gasteiger partial charge >= 0.3 is 0 Å². The lowest BCUT2D eigenvalue weighted by Crippen LogP contribution is -1.93. The molecule has 0 aromatic rings. The van der Waals surface area contributed by atoms with Crippen LogP contribution in [0.3, 0.4) is 0 Å². The van der Waals surface area contributed by atoms with Crippen molar-refractivity contribution in [2.75, 3.05) is 0 Å². The lowest BCUT2D eigenvalue weighted by molar-refractivity contribution is 0.956. The molecule has 0 saturated heterocycles. The summed E-state index contributed by atoms with van der Waals surface area (Å²) in [5.41, 5.74) is 0.426. The Hall–Kier alpha value is -3.08. The Morgan fingerprint density at radius 2 is 1.17 bits per heavy atom. The first-order chi connectivity index (χ1) is 9.57. The molecule has 0 unspecified atom stereocenters. The third kappa shape index (κ3) is 2.96. The second-order valence-electron chi connectivity index (χ2n) is 3.33. The summed E-state index contributed by atoms with van der Waals surface area (Å²) >= 11 is 0. The van der Waals surface area contributed by atoms with Gasteiger partial charge in [0.05, 0.1) is 2.74 Å². The summed E-state index contributed by atoms with van der Waals surface area (Å²) in [6.45, 7) is 0. The molecule has 4 heteroatoms. The van der Waals surface area contributed by atoms with Gasteiger partial charge in [0.2, 0.25) is 0 Å². The van der Waals surface area contributed by atoms with Gasteiger partial charge < -0.3 is 0 Å². The number of allylic oxidation sites excluding steroid dienone is 8.